The number of nitrogens with zero attached hydrogens (tertiary/aromatic N) is 2. The van der Waals surface area contributed by atoms with E-state index in [1.807, 2.05) is 0 Å². The number of ether oxygens (including phenoxy) is 1. The van der Waals surface area contributed by atoms with Crippen LogP contribution in [0.25, 0.3) is 0 Å². The fourth-order valence-electron chi connectivity index (χ4n) is 4.45. The summed E-state index contributed by atoms with van der Waals surface area (Å²) in [4.78, 5) is 17.4. The van der Waals surface area contributed by atoms with Crippen LogP contribution in [0, 0.1) is 17.2 Å². The second kappa shape index (κ2) is 6.60. The normalized spacial score (nSPS) is 27.3. The first kappa shape index (κ1) is 16.8. The molecule has 1 spiro atoms. The van der Waals surface area contributed by atoms with Crippen LogP contribution >= 0.6 is 0 Å². The van der Waals surface area contributed by atoms with Gasteiger partial charge in [-0.15, -0.1) is 0 Å². The maximum atomic E-state index is 14.1. The Morgan fingerprint density at radius 3 is 2.88 bits per heavy atom. The molecule has 4 rings (SSSR count). The molecule has 2 saturated heterocycles. The molecule has 5 heteroatoms. The van der Waals surface area contributed by atoms with E-state index < -0.39 is 0 Å². The quantitative estimate of drug-likeness (QED) is 0.821. The van der Waals surface area contributed by atoms with Crippen molar-refractivity contribution in [2.24, 2.45) is 11.3 Å². The molecule has 0 N–H and O–H groups in total. The summed E-state index contributed by atoms with van der Waals surface area (Å²) in [6, 6.07) is 4.87. The van der Waals surface area contributed by atoms with E-state index in [1.54, 1.807) is 19.2 Å². The lowest BCUT2D eigenvalue weighted by Gasteiger charge is -2.39. The van der Waals surface area contributed by atoms with E-state index in [2.05, 4.69) is 9.80 Å². The minimum atomic E-state index is -0.234. The molecule has 1 aliphatic carbocycles. The standard InChI is InChI=1S/C20H27FN2O2/c1-25-17-5-6-18(21)16(11-17)13-22-10-8-20(14-22)7-2-9-23(19(20)24)12-15-3-4-15/h5-6,11,15H,2-4,7-10,12-14H2,1H3. The van der Waals surface area contributed by atoms with Crippen LogP contribution in [0.1, 0.15) is 37.7 Å². The fraction of sp³-hybridized carbons (Fsp3) is 0.650. The Hall–Kier alpha value is -1.62. The lowest BCUT2D eigenvalue weighted by molar-refractivity contribution is -0.145. The van der Waals surface area contributed by atoms with Crippen LogP contribution in [0.4, 0.5) is 4.39 Å². The molecule has 3 aliphatic rings. The van der Waals surface area contributed by atoms with Gasteiger partial charge in [-0.05, 0) is 62.8 Å². The Labute approximate surface area is 148 Å². The zero-order valence-electron chi connectivity index (χ0n) is 15.0. The highest BCUT2D eigenvalue weighted by Crippen LogP contribution is 2.42. The summed E-state index contributed by atoms with van der Waals surface area (Å²) < 4.78 is 19.3. The number of halogens is 1. The number of amides is 1. The molecule has 1 amide bonds. The molecule has 2 aliphatic heterocycles. The van der Waals surface area contributed by atoms with Gasteiger partial charge in [0.2, 0.25) is 5.91 Å². The van der Waals surface area contributed by atoms with Gasteiger partial charge in [0, 0.05) is 31.7 Å². The van der Waals surface area contributed by atoms with Crippen molar-refractivity contribution in [2.75, 3.05) is 33.3 Å². The monoisotopic (exact) mass is 346 g/mol. The second-order valence-electron chi connectivity index (χ2n) is 8.00. The van der Waals surface area contributed by atoms with E-state index in [0.29, 0.717) is 23.8 Å². The maximum absolute atomic E-state index is 14.1. The molecular weight excluding hydrogens is 319 g/mol. The Kier molecular flexibility index (Phi) is 4.44. The smallest absolute Gasteiger partial charge is 0.230 e. The second-order valence-corrected chi connectivity index (χ2v) is 8.00. The van der Waals surface area contributed by atoms with Gasteiger partial charge in [0.05, 0.1) is 12.5 Å². The maximum Gasteiger partial charge on any atom is 0.230 e. The third-order valence-corrected chi connectivity index (χ3v) is 6.08. The van der Waals surface area contributed by atoms with Gasteiger partial charge in [0.15, 0.2) is 0 Å². The van der Waals surface area contributed by atoms with Crippen molar-refractivity contribution in [3.05, 3.63) is 29.6 Å². The summed E-state index contributed by atoms with van der Waals surface area (Å²) in [5.74, 6) is 1.56. The van der Waals surface area contributed by atoms with Crippen molar-refractivity contribution < 1.29 is 13.9 Å². The summed E-state index contributed by atoms with van der Waals surface area (Å²) in [5.41, 5.74) is 0.414. The molecule has 1 aromatic rings. The first-order chi connectivity index (χ1) is 12.1. The van der Waals surface area contributed by atoms with E-state index in [0.717, 1.165) is 51.4 Å². The lowest BCUT2D eigenvalue weighted by atomic mass is 9.78. The third kappa shape index (κ3) is 3.39. The Bertz CT molecular complexity index is 661. The van der Waals surface area contributed by atoms with Crippen molar-refractivity contribution in [2.45, 2.75) is 38.6 Å². The average molecular weight is 346 g/mol. The Balaban J connectivity index is 1.44. The lowest BCUT2D eigenvalue weighted by Crippen LogP contribution is -2.50. The van der Waals surface area contributed by atoms with Crippen LogP contribution in [0.5, 0.6) is 5.75 Å². The van der Waals surface area contributed by atoms with Gasteiger partial charge in [-0.1, -0.05) is 0 Å². The largest absolute Gasteiger partial charge is 0.497 e. The highest BCUT2D eigenvalue weighted by atomic mass is 19.1. The SMILES string of the molecule is COc1ccc(F)c(CN2CCC3(CCCN(CC4CC4)C3=O)C2)c1. The summed E-state index contributed by atoms with van der Waals surface area (Å²) in [6.45, 7) is 4.02. The number of methoxy groups -OCH3 is 1. The number of likely N-dealkylation sites (tertiary alicyclic amines) is 2. The van der Waals surface area contributed by atoms with Crippen LogP contribution in [-0.4, -0.2) is 49.0 Å². The van der Waals surface area contributed by atoms with Crippen molar-refractivity contribution in [3.8, 4) is 5.75 Å². The number of rotatable bonds is 5. The molecule has 3 fully saturated rings. The first-order valence-electron chi connectivity index (χ1n) is 9.44. The molecule has 25 heavy (non-hydrogen) atoms. The topological polar surface area (TPSA) is 32.8 Å². The highest BCUT2D eigenvalue weighted by Gasteiger charge is 2.48. The number of hydrogen-bond donors (Lipinski definition) is 0. The van der Waals surface area contributed by atoms with Gasteiger partial charge in [0.1, 0.15) is 11.6 Å². The molecule has 1 saturated carbocycles. The predicted octanol–water partition coefficient (Wildman–Crippen LogP) is 3.06. The number of piperidine rings is 1. The van der Waals surface area contributed by atoms with Gasteiger partial charge in [-0.3, -0.25) is 9.69 Å². The molecule has 1 unspecified atom stereocenters. The van der Waals surface area contributed by atoms with Gasteiger partial charge < -0.3 is 9.64 Å². The van der Waals surface area contributed by atoms with Crippen LogP contribution < -0.4 is 4.74 Å². The fourth-order valence-corrected chi connectivity index (χ4v) is 4.45. The number of benzene rings is 1. The molecule has 0 aromatic heterocycles. The van der Waals surface area contributed by atoms with E-state index in [9.17, 15) is 9.18 Å². The molecule has 1 aromatic carbocycles. The van der Waals surface area contributed by atoms with E-state index in [4.69, 9.17) is 4.74 Å². The molecule has 136 valence electrons. The van der Waals surface area contributed by atoms with Gasteiger partial charge >= 0.3 is 0 Å². The average Bonchev–Trinajstić information content (AvgIpc) is 3.34. The summed E-state index contributed by atoms with van der Waals surface area (Å²) in [5, 5.41) is 0. The molecule has 0 bridgehead atoms. The summed E-state index contributed by atoms with van der Waals surface area (Å²) in [7, 11) is 1.59. The molecule has 4 nitrogen and oxygen atoms in total. The summed E-state index contributed by atoms with van der Waals surface area (Å²) >= 11 is 0. The highest BCUT2D eigenvalue weighted by molar-refractivity contribution is 5.84. The molecule has 0 radical (unpaired) electrons. The Morgan fingerprint density at radius 1 is 1.28 bits per heavy atom. The van der Waals surface area contributed by atoms with E-state index in [-0.39, 0.29) is 11.2 Å². The predicted molar refractivity (Wildman–Crippen MR) is 93.8 cm³/mol. The first-order valence-corrected chi connectivity index (χ1v) is 9.44. The van der Waals surface area contributed by atoms with Crippen LogP contribution in [0.2, 0.25) is 0 Å². The van der Waals surface area contributed by atoms with Crippen LogP contribution in [-0.2, 0) is 11.3 Å². The minimum Gasteiger partial charge on any atom is -0.497 e. The summed E-state index contributed by atoms with van der Waals surface area (Å²) in [6.07, 6.45) is 5.53. The van der Waals surface area contributed by atoms with Gasteiger partial charge in [-0.25, -0.2) is 4.39 Å². The number of hydrogen-bond acceptors (Lipinski definition) is 3. The van der Waals surface area contributed by atoms with Crippen molar-refractivity contribution >= 4 is 5.91 Å². The molecular formula is C20H27FN2O2. The van der Waals surface area contributed by atoms with Crippen molar-refractivity contribution in [3.63, 3.8) is 0 Å². The van der Waals surface area contributed by atoms with Crippen LogP contribution in [0.3, 0.4) is 0 Å². The van der Waals surface area contributed by atoms with Gasteiger partial charge in [0.25, 0.3) is 0 Å². The Morgan fingerprint density at radius 2 is 2.12 bits per heavy atom. The van der Waals surface area contributed by atoms with Crippen molar-refractivity contribution in [1.29, 1.82) is 0 Å². The van der Waals surface area contributed by atoms with Crippen LogP contribution in [0.15, 0.2) is 18.2 Å². The van der Waals surface area contributed by atoms with E-state index in [1.165, 1.54) is 18.9 Å². The molecule has 1 atom stereocenters. The number of carbonyl (C=O) groups excluding carboxylic acids is 1. The number of carbonyl (C=O) groups is 1. The zero-order valence-corrected chi connectivity index (χ0v) is 15.0. The molecule has 2 heterocycles. The third-order valence-electron chi connectivity index (χ3n) is 6.08. The minimum absolute atomic E-state index is 0.202. The van der Waals surface area contributed by atoms with E-state index >= 15 is 0 Å². The zero-order chi connectivity index (χ0) is 17.4. The van der Waals surface area contributed by atoms with Gasteiger partial charge in [-0.2, -0.15) is 0 Å². The van der Waals surface area contributed by atoms with Crippen molar-refractivity contribution in [1.82, 2.24) is 9.80 Å².